The molecule has 0 heterocycles. The van der Waals surface area contributed by atoms with E-state index >= 15 is 0 Å². The Morgan fingerprint density at radius 3 is 2.16 bits per heavy atom. The lowest BCUT2D eigenvalue weighted by atomic mass is 10.0. The van der Waals surface area contributed by atoms with E-state index in [1.807, 2.05) is 61.5 Å². The molecule has 0 aliphatic heterocycles. The van der Waals surface area contributed by atoms with Gasteiger partial charge in [-0.15, -0.1) is 0 Å². The highest BCUT2D eigenvalue weighted by Crippen LogP contribution is 2.37. The predicted octanol–water partition coefficient (Wildman–Crippen LogP) is 6.49. The average Bonchev–Trinajstić information content (AvgIpc) is 3.10. The molecular formula is C36H39BrClN3O7S. The number of amides is 2. The van der Waals surface area contributed by atoms with Gasteiger partial charge >= 0.3 is 0 Å². The number of rotatable bonds is 16. The molecule has 0 fully saturated rings. The zero-order chi connectivity index (χ0) is 35.6. The Kier molecular flexibility index (Phi) is 13.3. The maximum Gasteiger partial charge on any atom is 0.265 e. The van der Waals surface area contributed by atoms with Crippen LogP contribution >= 0.6 is 27.5 Å². The minimum absolute atomic E-state index is 0.0201. The lowest BCUT2D eigenvalue weighted by Gasteiger charge is -2.34. The molecule has 0 spiro atoms. The molecule has 0 aromatic heterocycles. The first-order valence-electron chi connectivity index (χ1n) is 15.5. The average molecular weight is 773 g/mol. The first-order valence-corrected chi connectivity index (χ1v) is 18.1. The maximum absolute atomic E-state index is 14.7. The monoisotopic (exact) mass is 771 g/mol. The van der Waals surface area contributed by atoms with Gasteiger partial charge in [0.1, 0.15) is 18.3 Å². The van der Waals surface area contributed by atoms with Gasteiger partial charge in [0.15, 0.2) is 11.5 Å². The summed E-state index contributed by atoms with van der Waals surface area (Å²) in [5.74, 6) is -0.310. The van der Waals surface area contributed by atoms with Crippen molar-refractivity contribution in [2.75, 3.05) is 38.7 Å². The van der Waals surface area contributed by atoms with E-state index in [-0.39, 0.29) is 46.0 Å². The summed E-state index contributed by atoms with van der Waals surface area (Å²) in [6.07, 6.45) is 0.883. The summed E-state index contributed by atoms with van der Waals surface area (Å²) in [6, 6.07) is 24.4. The Hall–Kier alpha value is -4.26. The standard InChI is InChI=1S/C36H39BrClN3O7S/c1-5-18-39-36(43)31(20-25-10-7-6-8-11-25)40(23-26-12-9-13-27(37)19-26)35(42)24-41(30-21-28(38)14-16-32(30)46-2)49(44,45)29-15-17-33(47-3)34(22-29)48-4/h6-17,19,21-22,31H,5,18,20,23-24H2,1-4H3,(H,39,43)/t31-/m1/s1. The zero-order valence-electron chi connectivity index (χ0n) is 27.7. The highest BCUT2D eigenvalue weighted by Gasteiger charge is 2.36. The van der Waals surface area contributed by atoms with Crippen molar-refractivity contribution in [3.63, 3.8) is 0 Å². The van der Waals surface area contributed by atoms with Gasteiger partial charge in [-0.1, -0.05) is 76.9 Å². The predicted molar refractivity (Wildman–Crippen MR) is 194 cm³/mol. The van der Waals surface area contributed by atoms with E-state index in [1.54, 1.807) is 6.07 Å². The minimum atomic E-state index is -4.48. The molecule has 0 radical (unpaired) electrons. The van der Waals surface area contributed by atoms with Crippen LogP contribution in [-0.4, -0.2) is 65.6 Å². The van der Waals surface area contributed by atoms with Crippen molar-refractivity contribution >= 4 is 55.1 Å². The number of sulfonamides is 1. The van der Waals surface area contributed by atoms with Crippen molar-refractivity contribution in [2.24, 2.45) is 0 Å². The topological polar surface area (TPSA) is 114 Å². The van der Waals surface area contributed by atoms with Crippen LogP contribution in [0, 0.1) is 0 Å². The second-order valence-corrected chi connectivity index (χ2v) is 14.2. The Morgan fingerprint density at radius 1 is 0.837 bits per heavy atom. The molecule has 0 aliphatic rings. The van der Waals surface area contributed by atoms with Crippen LogP contribution in [0.15, 0.2) is 100 Å². The number of methoxy groups -OCH3 is 3. The Labute approximate surface area is 301 Å². The molecule has 0 saturated carbocycles. The molecule has 4 aromatic rings. The van der Waals surface area contributed by atoms with E-state index in [2.05, 4.69) is 21.2 Å². The van der Waals surface area contributed by atoms with E-state index in [0.29, 0.717) is 18.7 Å². The molecule has 10 nitrogen and oxygen atoms in total. The van der Waals surface area contributed by atoms with Gasteiger partial charge in [-0.25, -0.2) is 8.42 Å². The summed E-state index contributed by atoms with van der Waals surface area (Å²) in [5.41, 5.74) is 1.60. The van der Waals surface area contributed by atoms with E-state index in [9.17, 15) is 18.0 Å². The molecular weight excluding hydrogens is 734 g/mol. The number of benzene rings is 4. The number of ether oxygens (including phenoxy) is 3. The number of nitrogens with zero attached hydrogens (tertiary/aromatic N) is 2. The molecule has 4 rings (SSSR count). The van der Waals surface area contributed by atoms with Crippen LogP contribution < -0.4 is 23.8 Å². The molecule has 0 bridgehead atoms. The van der Waals surface area contributed by atoms with Crippen molar-refractivity contribution in [3.05, 3.63) is 112 Å². The van der Waals surface area contributed by atoms with Gasteiger partial charge in [-0.05, 0) is 60.0 Å². The van der Waals surface area contributed by atoms with Crippen LogP contribution in [0.2, 0.25) is 5.02 Å². The van der Waals surface area contributed by atoms with Crippen molar-refractivity contribution < 1.29 is 32.2 Å². The highest BCUT2D eigenvalue weighted by atomic mass is 79.9. The Morgan fingerprint density at radius 2 is 1.51 bits per heavy atom. The van der Waals surface area contributed by atoms with Crippen LogP contribution in [-0.2, 0) is 32.6 Å². The molecule has 0 unspecified atom stereocenters. The molecule has 0 aliphatic carbocycles. The molecule has 49 heavy (non-hydrogen) atoms. The fraction of sp³-hybridized carbons (Fsp3) is 0.278. The number of carbonyl (C=O) groups excluding carboxylic acids is 2. The van der Waals surface area contributed by atoms with Gasteiger partial charge in [0, 0.05) is 35.1 Å². The van der Waals surface area contributed by atoms with E-state index in [1.165, 1.54) is 56.6 Å². The van der Waals surface area contributed by atoms with E-state index in [4.69, 9.17) is 25.8 Å². The van der Waals surface area contributed by atoms with Crippen LogP contribution in [0.1, 0.15) is 24.5 Å². The lowest BCUT2D eigenvalue weighted by molar-refractivity contribution is -0.140. The first kappa shape index (κ1) is 37.6. The van der Waals surface area contributed by atoms with Crippen LogP contribution in [0.5, 0.6) is 17.2 Å². The van der Waals surface area contributed by atoms with E-state index < -0.39 is 28.5 Å². The largest absolute Gasteiger partial charge is 0.495 e. The maximum atomic E-state index is 14.7. The third-order valence-corrected chi connectivity index (χ3v) is 10.2. The number of hydrogen-bond donors (Lipinski definition) is 1. The normalized spacial score (nSPS) is 11.7. The van der Waals surface area contributed by atoms with Crippen LogP contribution in [0.3, 0.4) is 0 Å². The van der Waals surface area contributed by atoms with Gasteiger partial charge in [0.2, 0.25) is 11.8 Å². The number of carbonyl (C=O) groups is 2. The van der Waals surface area contributed by atoms with E-state index in [0.717, 1.165) is 19.9 Å². The third-order valence-electron chi connectivity index (χ3n) is 7.69. The van der Waals surface area contributed by atoms with Gasteiger partial charge in [-0.3, -0.25) is 13.9 Å². The summed E-state index contributed by atoms with van der Waals surface area (Å²) in [7, 11) is -0.257. The van der Waals surface area contributed by atoms with Crippen LogP contribution in [0.4, 0.5) is 5.69 Å². The van der Waals surface area contributed by atoms with Gasteiger partial charge < -0.3 is 24.4 Å². The fourth-order valence-electron chi connectivity index (χ4n) is 5.23. The SMILES string of the molecule is CCCNC(=O)[C@@H](Cc1ccccc1)N(Cc1cccc(Br)c1)C(=O)CN(c1cc(Cl)ccc1OC)S(=O)(=O)c1ccc(OC)c(OC)c1. The summed E-state index contributed by atoms with van der Waals surface area (Å²) in [4.78, 5) is 29.8. The summed E-state index contributed by atoms with van der Waals surface area (Å²) >= 11 is 9.88. The summed E-state index contributed by atoms with van der Waals surface area (Å²) in [5, 5.41) is 3.16. The van der Waals surface area contributed by atoms with Crippen molar-refractivity contribution in [3.8, 4) is 17.2 Å². The minimum Gasteiger partial charge on any atom is -0.495 e. The fourth-order valence-corrected chi connectivity index (χ4v) is 7.27. The summed E-state index contributed by atoms with van der Waals surface area (Å²) < 4.78 is 47.1. The zero-order valence-corrected chi connectivity index (χ0v) is 30.8. The lowest BCUT2D eigenvalue weighted by Crippen LogP contribution is -2.53. The van der Waals surface area contributed by atoms with Crippen molar-refractivity contribution in [2.45, 2.75) is 37.2 Å². The second kappa shape index (κ2) is 17.4. The molecule has 260 valence electrons. The number of hydrogen-bond acceptors (Lipinski definition) is 7. The smallest absolute Gasteiger partial charge is 0.265 e. The summed E-state index contributed by atoms with van der Waals surface area (Å²) in [6.45, 7) is 1.68. The first-order chi connectivity index (χ1) is 23.5. The van der Waals surface area contributed by atoms with Crippen molar-refractivity contribution in [1.29, 1.82) is 0 Å². The van der Waals surface area contributed by atoms with Gasteiger partial charge in [0.25, 0.3) is 10.0 Å². The van der Waals surface area contributed by atoms with Crippen LogP contribution in [0.25, 0.3) is 0 Å². The number of nitrogens with one attached hydrogen (secondary N) is 1. The quantitative estimate of drug-likeness (QED) is 0.139. The molecule has 1 atom stereocenters. The Bertz CT molecular complexity index is 1860. The number of halogens is 2. The van der Waals surface area contributed by atoms with Crippen molar-refractivity contribution in [1.82, 2.24) is 10.2 Å². The highest BCUT2D eigenvalue weighted by molar-refractivity contribution is 9.10. The molecule has 4 aromatic carbocycles. The van der Waals surface area contributed by atoms with Gasteiger partial charge in [0.05, 0.1) is 31.9 Å². The second-order valence-electron chi connectivity index (χ2n) is 11.0. The number of anilines is 1. The Balaban J connectivity index is 1.88. The molecule has 2 amide bonds. The third kappa shape index (κ3) is 9.46. The molecule has 1 N–H and O–H groups in total. The molecule has 13 heteroatoms. The molecule has 0 saturated heterocycles. The van der Waals surface area contributed by atoms with Gasteiger partial charge in [-0.2, -0.15) is 0 Å².